The minimum Gasteiger partial charge on any atom is -0.303 e. The minimum absolute atomic E-state index is 0.0298. The molecule has 4 nitrogen and oxygen atoms in total. The summed E-state index contributed by atoms with van der Waals surface area (Å²) in [5.41, 5.74) is 4.12. The number of thioether (sulfide) groups is 1. The molecular weight excluding hydrogens is 464 g/mol. The molecule has 6 rings (SSSR count). The number of nitrogens with zero attached hydrogens (tertiary/aromatic N) is 2. The van der Waals surface area contributed by atoms with Gasteiger partial charge in [0.15, 0.2) is 0 Å². The summed E-state index contributed by atoms with van der Waals surface area (Å²) in [5, 5.41) is 0.704. The van der Waals surface area contributed by atoms with E-state index in [1.807, 2.05) is 59.5 Å². The van der Waals surface area contributed by atoms with Crippen LogP contribution in [-0.2, 0) is 19.9 Å². The van der Waals surface area contributed by atoms with Crippen LogP contribution < -0.4 is 9.80 Å². The number of benzene rings is 3. The van der Waals surface area contributed by atoms with Gasteiger partial charge in [0.05, 0.1) is 11.4 Å². The van der Waals surface area contributed by atoms with E-state index in [0.717, 1.165) is 28.9 Å². The Hall–Kier alpha value is -2.76. The van der Waals surface area contributed by atoms with Crippen molar-refractivity contribution in [1.82, 2.24) is 0 Å². The van der Waals surface area contributed by atoms with Gasteiger partial charge in [0.2, 0.25) is 10.8 Å². The van der Waals surface area contributed by atoms with Gasteiger partial charge in [-0.15, -0.1) is 11.8 Å². The van der Waals surface area contributed by atoms with Crippen molar-refractivity contribution < 1.29 is 9.59 Å². The van der Waals surface area contributed by atoms with Crippen molar-refractivity contribution in [2.24, 2.45) is 0 Å². The van der Waals surface area contributed by atoms with E-state index < -0.39 is 10.4 Å². The highest BCUT2D eigenvalue weighted by Gasteiger charge is 2.65. The van der Waals surface area contributed by atoms with Gasteiger partial charge in [0.25, 0.3) is 5.91 Å². The van der Waals surface area contributed by atoms with Crippen LogP contribution in [0.4, 0.5) is 11.4 Å². The largest absolute Gasteiger partial charge is 0.303 e. The molecular formula is C28H25ClN2O2S. The number of anilines is 2. The fraction of sp³-hybridized carbons (Fsp3) is 0.286. The maximum Gasteiger partial charge on any atom is 0.269 e. The van der Waals surface area contributed by atoms with Crippen LogP contribution in [0.25, 0.3) is 0 Å². The third-order valence-electron chi connectivity index (χ3n) is 7.57. The summed E-state index contributed by atoms with van der Waals surface area (Å²) in [7, 11) is 0. The molecule has 3 aromatic rings. The zero-order chi connectivity index (χ0) is 23.9. The van der Waals surface area contributed by atoms with Gasteiger partial charge in [-0.1, -0.05) is 67.1 Å². The summed E-state index contributed by atoms with van der Waals surface area (Å²) >= 11 is 7.64. The lowest BCUT2D eigenvalue weighted by Gasteiger charge is -2.50. The second-order valence-electron chi connectivity index (χ2n) is 10.2. The molecule has 3 aromatic carbocycles. The summed E-state index contributed by atoms with van der Waals surface area (Å²) in [6.45, 7) is 6.51. The molecule has 172 valence electrons. The third-order valence-corrected chi connectivity index (χ3v) is 9.21. The minimum atomic E-state index is -1.09. The molecule has 0 radical (unpaired) electrons. The normalized spacial score (nSPS) is 26.9. The van der Waals surface area contributed by atoms with E-state index in [-0.39, 0.29) is 23.0 Å². The number of carbonyl (C=O) groups excluding carboxylic acids is 2. The van der Waals surface area contributed by atoms with Crippen molar-refractivity contribution in [2.75, 3.05) is 15.6 Å². The Labute approximate surface area is 208 Å². The zero-order valence-corrected chi connectivity index (χ0v) is 20.9. The average Bonchev–Trinajstić information content (AvgIpc) is 3.29. The molecule has 3 heterocycles. The Morgan fingerprint density at radius 2 is 1.50 bits per heavy atom. The summed E-state index contributed by atoms with van der Waals surface area (Å²) in [4.78, 5) is 30.3. The Bertz CT molecular complexity index is 1340. The number of para-hydroxylation sites is 2. The first-order valence-electron chi connectivity index (χ1n) is 11.5. The fourth-order valence-corrected chi connectivity index (χ4v) is 7.75. The van der Waals surface area contributed by atoms with Gasteiger partial charge >= 0.3 is 0 Å². The van der Waals surface area contributed by atoms with Crippen LogP contribution in [0, 0.1) is 0 Å². The lowest BCUT2D eigenvalue weighted by atomic mass is 9.65. The van der Waals surface area contributed by atoms with Crippen LogP contribution in [-0.4, -0.2) is 23.1 Å². The Morgan fingerprint density at radius 3 is 2.21 bits per heavy atom. The van der Waals surface area contributed by atoms with E-state index in [9.17, 15) is 9.59 Å². The first-order valence-corrected chi connectivity index (χ1v) is 12.8. The number of amides is 2. The molecule has 3 aliphatic heterocycles. The number of halogens is 1. The van der Waals surface area contributed by atoms with Gasteiger partial charge in [0, 0.05) is 27.2 Å². The molecule has 0 bridgehead atoms. The maximum atomic E-state index is 14.4. The number of hydrogen-bond donors (Lipinski definition) is 0. The molecule has 2 amide bonds. The molecule has 0 unspecified atom stereocenters. The molecule has 3 aliphatic rings. The highest BCUT2D eigenvalue weighted by atomic mass is 35.5. The highest BCUT2D eigenvalue weighted by Crippen LogP contribution is 2.62. The van der Waals surface area contributed by atoms with Crippen LogP contribution in [0.2, 0.25) is 5.02 Å². The smallest absolute Gasteiger partial charge is 0.269 e. The van der Waals surface area contributed by atoms with E-state index in [0.29, 0.717) is 5.02 Å². The van der Waals surface area contributed by atoms with E-state index in [1.165, 1.54) is 17.3 Å². The van der Waals surface area contributed by atoms with Crippen LogP contribution in [0.1, 0.15) is 43.9 Å². The summed E-state index contributed by atoms with van der Waals surface area (Å²) in [6, 6.07) is 23.8. The van der Waals surface area contributed by atoms with Crippen molar-refractivity contribution in [3.05, 3.63) is 94.5 Å². The summed E-state index contributed by atoms with van der Waals surface area (Å²) in [5.74, 6) is 0.200. The Balaban J connectivity index is 1.63. The molecule has 2 atom stereocenters. The first kappa shape index (κ1) is 21.8. The monoisotopic (exact) mass is 488 g/mol. The number of fused-ring (bicyclic) bond motifs is 1. The van der Waals surface area contributed by atoms with Gasteiger partial charge in [-0.2, -0.15) is 0 Å². The van der Waals surface area contributed by atoms with Crippen molar-refractivity contribution >= 4 is 46.6 Å². The van der Waals surface area contributed by atoms with E-state index in [4.69, 9.17) is 11.6 Å². The summed E-state index contributed by atoms with van der Waals surface area (Å²) in [6.07, 6.45) is 0.754. The van der Waals surface area contributed by atoms with E-state index >= 15 is 0 Å². The van der Waals surface area contributed by atoms with Crippen LogP contribution in [0.3, 0.4) is 0 Å². The number of hydrogen-bond acceptors (Lipinski definition) is 3. The quantitative estimate of drug-likeness (QED) is 0.437. The van der Waals surface area contributed by atoms with Crippen molar-refractivity contribution in [3.8, 4) is 0 Å². The van der Waals surface area contributed by atoms with Crippen molar-refractivity contribution in [1.29, 1.82) is 0 Å². The molecule has 1 fully saturated rings. The van der Waals surface area contributed by atoms with Crippen LogP contribution >= 0.6 is 23.4 Å². The van der Waals surface area contributed by atoms with Crippen LogP contribution in [0.15, 0.2) is 72.8 Å². The van der Waals surface area contributed by atoms with Gasteiger partial charge < -0.3 is 4.90 Å². The fourth-order valence-electron chi connectivity index (χ4n) is 6.29. The van der Waals surface area contributed by atoms with E-state index in [1.54, 1.807) is 4.90 Å². The topological polar surface area (TPSA) is 40.6 Å². The zero-order valence-electron chi connectivity index (χ0n) is 19.3. The Morgan fingerprint density at radius 1 is 0.824 bits per heavy atom. The molecule has 1 spiro atoms. The van der Waals surface area contributed by atoms with Crippen LogP contribution in [0.5, 0.6) is 0 Å². The van der Waals surface area contributed by atoms with Gasteiger partial charge in [-0.3, -0.25) is 14.5 Å². The second kappa shape index (κ2) is 7.12. The first-order chi connectivity index (χ1) is 16.2. The van der Waals surface area contributed by atoms with Gasteiger partial charge in [-0.05, 0) is 55.7 Å². The molecule has 34 heavy (non-hydrogen) atoms. The van der Waals surface area contributed by atoms with Crippen molar-refractivity contribution in [2.45, 2.75) is 43.0 Å². The lowest BCUT2D eigenvalue weighted by Crippen LogP contribution is -2.58. The van der Waals surface area contributed by atoms with Gasteiger partial charge in [-0.25, -0.2) is 0 Å². The molecule has 0 aliphatic carbocycles. The molecule has 1 saturated heterocycles. The van der Waals surface area contributed by atoms with E-state index in [2.05, 4.69) is 39.0 Å². The SMILES string of the molecule is CC1(C)C[C@@](C)(c2ccc(Cl)cc2)c2cccc3c2N1C(=O)[C@]31SCC(=O)N1c1ccccc1. The lowest BCUT2D eigenvalue weighted by molar-refractivity contribution is -0.124. The van der Waals surface area contributed by atoms with Gasteiger partial charge in [0.1, 0.15) is 0 Å². The molecule has 6 heteroatoms. The number of rotatable bonds is 2. The summed E-state index contributed by atoms with van der Waals surface area (Å²) < 4.78 is 0. The number of carbonyl (C=O) groups is 2. The molecule has 0 saturated carbocycles. The maximum absolute atomic E-state index is 14.4. The predicted octanol–water partition coefficient (Wildman–Crippen LogP) is 6.11. The average molecular weight is 489 g/mol. The van der Waals surface area contributed by atoms with Crippen molar-refractivity contribution in [3.63, 3.8) is 0 Å². The highest BCUT2D eigenvalue weighted by molar-refractivity contribution is 8.02. The predicted molar refractivity (Wildman–Crippen MR) is 139 cm³/mol. The molecule has 0 aromatic heterocycles. The standard InChI is InChI=1S/C28H25ClN2O2S/c1-26(2)17-27(3,18-12-14-19(29)15-13-18)21-10-7-11-22-24(21)31(26)25(33)28(22)30(23(32)16-34-28)20-8-5-4-6-9-20/h4-15H,16-17H2,1-3H3/t27-,28+/m0/s1. The molecule has 0 N–H and O–H groups in total. The third kappa shape index (κ3) is 2.68. The second-order valence-corrected chi connectivity index (χ2v) is 11.8. The Kier molecular flexibility index (Phi) is 4.56.